The van der Waals surface area contributed by atoms with Crippen molar-refractivity contribution in [3.8, 4) is 56.3 Å². The van der Waals surface area contributed by atoms with Crippen LogP contribution in [0.15, 0.2) is 183 Å². The van der Waals surface area contributed by atoms with Crippen molar-refractivity contribution in [2.45, 2.75) is 242 Å². The zero-order valence-electron chi connectivity index (χ0n) is 74.4. The van der Waals surface area contributed by atoms with Crippen LogP contribution in [0.3, 0.4) is 0 Å². The Bertz CT molecular complexity index is 4850. The van der Waals surface area contributed by atoms with E-state index < -0.39 is 37.8 Å². The summed E-state index contributed by atoms with van der Waals surface area (Å²) in [5.41, 5.74) is 26.0. The highest BCUT2D eigenvalue weighted by molar-refractivity contribution is 5.65. The molecule has 0 bridgehead atoms. The van der Waals surface area contributed by atoms with Gasteiger partial charge in [0.15, 0.2) is 31.0 Å². The lowest BCUT2D eigenvalue weighted by Crippen LogP contribution is -2.32. The van der Waals surface area contributed by atoms with Crippen molar-refractivity contribution in [3.05, 3.63) is 266 Å². The van der Waals surface area contributed by atoms with Crippen LogP contribution in [0.5, 0.6) is 0 Å². The second kappa shape index (κ2) is 40.1. The largest absolute Gasteiger partial charge is 0.212 e. The molecule has 10 aromatic rings. The van der Waals surface area contributed by atoms with Gasteiger partial charge in [-0.15, -0.1) is 0 Å². The van der Waals surface area contributed by atoms with Crippen LogP contribution in [0.2, 0.25) is 0 Å². The second-order valence-electron chi connectivity index (χ2n) is 28.6. The average molecular weight is 1390 g/mol. The van der Waals surface area contributed by atoms with E-state index in [9.17, 15) is 0 Å². The zero-order valence-corrected chi connectivity index (χ0v) is 62.4. The van der Waals surface area contributed by atoms with Gasteiger partial charge in [0.2, 0.25) is 28.5 Å². The van der Waals surface area contributed by atoms with Crippen molar-refractivity contribution in [1.29, 1.82) is 0 Å². The number of rotatable bonds is 11. The van der Waals surface area contributed by atoms with Crippen molar-refractivity contribution in [1.82, 2.24) is 0 Å². The molecule has 0 aliphatic heterocycles. The highest BCUT2D eigenvalue weighted by atomic mass is 14.9. The van der Waals surface area contributed by atoms with E-state index in [4.69, 9.17) is 16.4 Å². The van der Waals surface area contributed by atoms with E-state index in [2.05, 4.69) is 168 Å². The lowest BCUT2D eigenvalue weighted by Gasteiger charge is -2.19. The standard InChI is InChI=1S/2C19H24N.C19H26N.C18H24N.C17H22N.5CH4/c2*1-14-8-4-7-11-17(14)19-12-15(2)18(13-20(19)3)16-9-5-6-10-16;1-14-9-7-8-10-17(14)18-11-15(2)16(13-20(18)6)12-19(3,4)5;1-6-15-11-18(16-10-8-7-9-14(16)4)19(5)12-17(15)13(2)3;1-12(2)16-10-17(18(5)11-14(16)4)15-9-7-6-8-13(15)3;;;;;/h2*4,7-8,11-13,16H,5-6,9-10H2,1-3H3;7-11,13H,12H2,1-6H3;7-13H,6H2,1-5H3;6-12H,1-5H3;5*1H4/q5*+1;;;;;/i16D;;12D2;2D3,6D2,13D;4D3;;;;;. The predicted octanol–water partition coefficient (Wildman–Crippen LogP) is 24.6. The molecule has 5 nitrogen and oxygen atoms in total. The first-order chi connectivity index (χ1) is 50.7. The first-order valence-corrected chi connectivity index (χ1v) is 35.1. The Morgan fingerprint density at radius 3 is 1.14 bits per heavy atom. The van der Waals surface area contributed by atoms with Gasteiger partial charge in [-0.05, 0) is 216 Å². The lowest BCUT2D eigenvalue weighted by molar-refractivity contribution is -0.661. The molecule has 5 heteroatoms. The van der Waals surface area contributed by atoms with E-state index in [1.54, 1.807) is 35.6 Å². The summed E-state index contributed by atoms with van der Waals surface area (Å²) in [4.78, 5) is 0. The van der Waals surface area contributed by atoms with Gasteiger partial charge in [0, 0.05) is 102 Å². The molecule has 0 amide bonds. The Kier molecular flexibility index (Phi) is 27.3. The number of hydrogen-bond donors (Lipinski definition) is 0. The Hall–Kier alpha value is -8.15. The van der Waals surface area contributed by atoms with Gasteiger partial charge in [-0.1, -0.05) is 209 Å². The van der Waals surface area contributed by atoms with Gasteiger partial charge in [-0.2, -0.15) is 0 Å². The molecule has 2 saturated carbocycles. The molecule has 2 fully saturated rings. The Morgan fingerprint density at radius 2 is 0.755 bits per heavy atom. The van der Waals surface area contributed by atoms with Crippen molar-refractivity contribution in [3.63, 3.8) is 0 Å². The van der Waals surface area contributed by atoms with Crippen LogP contribution in [0.4, 0.5) is 0 Å². The minimum Gasteiger partial charge on any atom is -0.201 e. The van der Waals surface area contributed by atoms with Crippen LogP contribution < -0.4 is 22.8 Å². The second-order valence-corrected chi connectivity index (χ2v) is 28.6. The maximum atomic E-state index is 8.76. The van der Waals surface area contributed by atoms with Crippen molar-refractivity contribution < 1.29 is 39.3 Å². The molecule has 0 spiro atoms. The highest BCUT2D eigenvalue weighted by Gasteiger charge is 2.27. The van der Waals surface area contributed by atoms with Gasteiger partial charge in [-0.25, -0.2) is 22.8 Å². The average Bonchev–Trinajstić information content (AvgIpc) is 0.904. The molecule has 2 aliphatic rings. The third kappa shape index (κ3) is 22.4. The van der Waals surface area contributed by atoms with Gasteiger partial charge in [-0.3, -0.25) is 0 Å². The highest BCUT2D eigenvalue weighted by Crippen LogP contribution is 2.38. The molecule has 102 heavy (non-hydrogen) atoms. The quantitative estimate of drug-likeness (QED) is 0.115. The molecule has 548 valence electrons. The van der Waals surface area contributed by atoms with Crippen LogP contribution >= 0.6 is 0 Å². The fourth-order valence-corrected chi connectivity index (χ4v) is 13.8. The van der Waals surface area contributed by atoms with Crippen LogP contribution in [-0.2, 0) is 48.0 Å². The summed E-state index contributed by atoms with van der Waals surface area (Å²) in [6, 6.07) is 51.8. The molecule has 0 saturated heterocycles. The van der Waals surface area contributed by atoms with Crippen molar-refractivity contribution in [2.24, 2.45) is 40.7 Å². The number of aromatic nitrogens is 5. The van der Waals surface area contributed by atoms with E-state index in [0.717, 1.165) is 69.2 Å². The van der Waals surface area contributed by atoms with Gasteiger partial charge in [0.05, 0.1) is 0 Å². The summed E-state index contributed by atoms with van der Waals surface area (Å²) in [7, 11) is 9.96. The zero-order chi connectivity index (χ0) is 80.8. The topological polar surface area (TPSA) is 19.4 Å². The van der Waals surface area contributed by atoms with E-state index in [-0.39, 0.29) is 60.1 Å². The first kappa shape index (κ1) is 69.6. The lowest BCUT2D eigenvalue weighted by atomic mass is 9.87. The molecule has 1 atom stereocenters. The van der Waals surface area contributed by atoms with Gasteiger partial charge in [0.25, 0.3) is 0 Å². The fourth-order valence-electron chi connectivity index (χ4n) is 13.8. The van der Waals surface area contributed by atoms with E-state index in [1.807, 2.05) is 132 Å². The number of nitrogens with zero attached hydrogens (tertiary/aromatic N) is 5. The van der Waals surface area contributed by atoms with Crippen LogP contribution in [0, 0.1) is 67.7 Å². The smallest absolute Gasteiger partial charge is 0.201 e. The number of hydrogen-bond acceptors (Lipinski definition) is 0. The monoisotopic (exact) mass is 1390 g/mol. The Labute approximate surface area is 641 Å². The van der Waals surface area contributed by atoms with Gasteiger partial charge >= 0.3 is 0 Å². The number of benzene rings is 5. The maximum absolute atomic E-state index is 8.76. The summed E-state index contributed by atoms with van der Waals surface area (Å²) in [5.74, 6) is -1.32. The third-order valence-corrected chi connectivity index (χ3v) is 19.4. The minimum absolute atomic E-state index is 0. The van der Waals surface area contributed by atoms with Crippen molar-refractivity contribution in [2.75, 3.05) is 0 Å². The van der Waals surface area contributed by atoms with Crippen molar-refractivity contribution >= 4 is 0 Å². The SMILES string of the molecule is C.C.C.C.C.Cc1ccccc1-c1cc(C)c(C2CCCC2)c[n+]1C.[2H]C([2H])(C)c1cc(-c2ccccc2C)[n+](C)cc1C([2H])(C)C([2H])([2H])[2H].[2H]C([2H])([2H])c1c[n+](C)c(-c2ccccc2C)cc1C(C)C.[2H]C([2H])(c1c[n+](C)c(-c2ccccc2C)cc1C)C(C)(C)C.[2H]C1(c2c[n+](C)c(-c3ccccc3C)cc2C)CCCC1. The summed E-state index contributed by atoms with van der Waals surface area (Å²) in [6.45, 7) is 24.9. The number of pyridine rings is 5. The summed E-state index contributed by atoms with van der Waals surface area (Å²) in [6.07, 6.45) is 16.6. The van der Waals surface area contributed by atoms with E-state index >= 15 is 0 Å². The minimum atomic E-state index is -2.57. The fraction of sp³-hybridized carbons (Fsp3) is 0.433. The van der Waals surface area contributed by atoms with Gasteiger partial charge in [0.1, 0.15) is 35.2 Å². The van der Waals surface area contributed by atoms with Crippen LogP contribution in [0.1, 0.15) is 267 Å². The molecule has 2 aliphatic carbocycles. The molecule has 5 heterocycles. The van der Waals surface area contributed by atoms with Crippen LogP contribution in [-0.4, -0.2) is 0 Å². The molecule has 0 radical (unpaired) electrons. The molecule has 12 rings (SSSR count). The van der Waals surface area contributed by atoms with E-state index in [0.29, 0.717) is 5.56 Å². The summed E-state index contributed by atoms with van der Waals surface area (Å²) >= 11 is 0. The Balaban J connectivity index is 0.000000365. The molecular weight excluding hydrogens is 1240 g/mol. The first-order valence-electron chi connectivity index (χ1n) is 41.1. The Morgan fingerprint density at radius 1 is 0.412 bits per heavy atom. The normalized spacial score (nSPS) is 15.6. The van der Waals surface area contributed by atoms with Crippen LogP contribution in [0.25, 0.3) is 56.3 Å². The molecule has 0 N–H and O–H groups in total. The molecule has 5 aromatic heterocycles. The van der Waals surface area contributed by atoms with Gasteiger partial charge < -0.3 is 0 Å². The summed E-state index contributed by atoms with van der Waals surface area (Å²) in [5, 5.41) is 0. The third-order valence-electron chi connectivity index (χ3n) is 19.4. The summed E-state index contributed by atoms with van der Waals surface area (Å²) < 4.78 is 107. The molecule has 5 aromatic carbocycles. The predicted molar refractivity (Wildman–Crippen MR) is 445 cm³/mol. The van der Waals surface area contributed by atoms with E-state index in [1.165, 1.54) is 119 Å². The molecular formula is C97H140N5+5. The maximum Gasteiger partial charge on any atom is 0.212 e. The molecule has 1 unspecified atom stereocenters. The number of aryl methyl sites for hydroxylation is 15.